The van der Waals surface area contributed by atoms with Gasteiger partial charge in [-0.25, -0.2) is 0 Å². The molecule has 3 rings (SSSR count). The van der Waals surface area contributed by atoms with Gasteiger partial charge in [0.05, 0.1) is 11.7 Å². The van der Waals surface area contributed by atoms with Gasteiger partial charge < -0.3 is 9.64 Å². The number of methoxy groups -OCH3 is 1. The number of hydrogen-bond donors (Lipinski definition) is 0. The highest BCUT2D eigenvalue weighted by atomic mass is 16.5. The zero-order valence-corrected chi connectivity index (χ0v) is 11.3. The Morgan fingerprint density at radius 2 is 2.16 bits per heavy atom. The van der Waals surface area contributed by atoms with Gasteiger partial charge >= 0.3 is 0 Å². The van der Waals surface area contributed by atoms with Crippen molar-refractivity contribution >= 4 is 5.91 Å². The lowest BCUT2D eigenvalue weighted by atomic mass is 9.61. The first kappa shape index (κ1) is 12.6. The van der Waals surface area contributed by atoms with Gasteiger partial charge in [-0.1, -0.05) is 0 Å². The third kappa shape index (κ3) is 2.37. The fourth-order valence-electron chi connectivity index (χ4n) is 3.34. The van der Waals surface area contributed by atoms with E-state index in [4.69, 9.17) is 4.74 Å². The molecular formula is C15H20N2O2. The largest absolute Gasteiger partial charge is 0.381 e. The lowest BCUT2D eigenvalue weighted by molar-refractivity contribution is -0.0841. The van der Waals surface area contributed by atoms with Crippen LogP contribution in [0, 0.1) is 5.41 Å². The van der Waals surface area contributed by atoms with E-state index < -0.39 is 0 Å². The maximum absolute atomic E-state index is 12.3. The fraction of sp³-hybridized carbons (Fsp3) is 0.600. The molecule has 1 saturated carbocycles. The Bertz CT molecular complexity index is 444. The monoisotopic (exact) mass is 260 g/mol. The predicted octanol–water partition coefficient (Wildman–Crippen LogP) is 2.11. The normalized spacial score (nSPS) is 22.3. The standard InChI is InChI=1S/C15H20N2O2/c1-19-13-9-15(10-13)4-7-17(8-5-15)14(18)12-3-2-6-16-11-12/h2-3,6,11,13H,4-5,7-10H2,1H3. The van der Waals surface area contributed by atoms with E-state index >= 15 is 0 Å². The molecule has 2 heterocycles. The number of likely N-dealkylation sites (tertiary alicyclic amines) is 1. The molecule has 1 aromatic heterocycles. The van der Waals surface area contributed by atoms with Crippen LogP contribution in [-0.2, 0) is 4.74 Å². The second kappa shape index (κ2) is 4.93. The van der Waals surface area contributed by atoms with Crippen molar-refractivity contribution in [2.75, 3.05) is 20.2 Å². The van der Waals surface area contributed by atoms with Gasteiger partial charge in [-0.05, 0) is 43.2 Å². The van der Waals surface area contributed by atoms with E-state index in [1.54, 1.807) is 19.5 Å². The first-order chi connectivity index (χ1) is 9.22. The Morgan fingerprint density at radius 1 is 1.42 bits per heavy atom. The fourth-order valence-corrected chi connectivity index (χ4v) is 3.34. The zero-order chi connectivity index (χ0) is 13.3. The van der Waals surface area contributed by atoms with Gasteiger partial charge in [0.25, 0.3) is 5.91 Å². The van der Waals surface area contributed by atoms with Crippen LogP contribution in [0.25, 0.3) is 0 Å². The molecule has 1 saturated heterocycles. The smallest absolute Gasteiger partial charge is 0.255 e. The van der Waals surface area contributed by atoms with Gasteiger partial charge in [-0.15, -0.1) is 0 Å². The number of nitrogens with zero attached hydrogens (tertiary/aromatic N) is 2. The molecule has 1 amide bonds. The highest BCUT2D eigenvalue weighted by molar-refractivity contribution is 5.93. The lowest BCUT2D eigenvalue weighted by Crippen LogP contribution is -2.50. The Hall–Kier alpha value is -1.42. The SMILES string of the molecule is COC1CC2(CCN(C(=O)c3cccnc3)CC2)C1. The van der Waals surface area contributed by atoms with Crippen molar-refractivity contribution < 1.29 is 9.53 Å². The molecule has 0 radical (unpaired) electrons. The number of carbonyl (C=O) groups is 1. The molecule has 19 heavy (non-hydrogen) atoms. The molecule has 1 aliphatic heterocycles. The van der Waals surface area contributed by atoms with E-state index in [2.05, 4.69) is 4.98 Å². The van der Waals surface area contributed by atoms with Crippen LogP contribution in [0.15, 0.2) is 24.5 Å². The van der Waals surface area contributed by atoms with E-state index in [1.165, 1.54) is 12.8 Å². The summed E-state index contributed by atoms with van der Waals surface area (Å²) in [4.78, 5) is 18.3. The minimum atomic E-state index is 0.116. The first-order valence-electron chi connectivity index (χ1n) is 6.95. The van der Waals surface area contributed by atoms with Crippen molar-refractivity contribution in [1.29, 1.82) is 0 Å². The van der Waals surface area contributed by atoms with Gasteiger partial charge in [-0.2, -0.15) is 0 Å². The molecular weight excluding hydrogens is 240 g/mol. The van der Waals surface area contributed by atoms with Gasteiger partial charge in [-0.3, -0.25) is 9.78 Å². The molecule has 4 heteroatoms. The van der Waals surface area contributed by atoms with Crippen LogP contribution < -0.4 is 0 Å². The van der Waals surface area contributed by atoms with Crippen molar-refractivity contribution in [2.24, 2.45) is 5.41 Å². The highest BCUT2D eigenvalue weighted by Crippen LogP contribution is 2.50. The van der Waals surface area contributed by atoms with Crippen LogP contribution in [0.3, 0.4) is 0 Å². The Morgan fingerprint density at radius 3 is 2.74 bits per heavy atom. The number of carbonyl (C=O) groups excluding carboxylic acids is 1. The van der Waals surface area contributed by atoms with Crippen LogP contribution in [0.2, 0.25) is 0 Å². The molecule has 0 unspecified atom stereocenters. The summed E-state index contributed by atoms with van der Waals surface area (Å²) in [5.74, 6) is 0.116. The Balaban J connectivity index is 1.58. The molecule has 2 aliphatic rings. The van der Waals surface area contributed by atoms with Crippen LogP contribution in [0.4, 0.5) is 0 Å². The maximum Gasteiger partial charge on any atom is 0.255 e. The molecule has 1 aromatic rings. The summed E-state index contributed by atoms with van der Waals surface area (Å²) in [6, 6.07) is 3.65. The molecule has 4 nitrogen and oxygen atoms in total. The number of pyridine rings is 1. The van der Waals surface area contributed by atoms with Crippen molar-refractivity contribution in [1.82, 2.24) is 9.88 Å². The molecule has 102 valence electrons. The van der Waals surface area contributed by atoms with E-state index in [0.717, 1.165) is 25.9 Å². The Kier molecular flexibility index (Phi) is 3.27. The summed E-state index contributed by atoms with van der Waals surface area (Å²) in [6.07, 6.45) is 8.34. The van der Waals surface area contributed by atoms with Crippen molar-refractivity contribution in [3.63, 3.8) is 0 Å². The first-order valence-corrected chi connectivity index (χ1v) is 6.95. The maximum atomic E-state index is 12.3. The summed E-state index contributed by atoms with van der Waals surface area (Å²) in [6.45, 7) is 1.73. The minimum Gasteiger partial charge on any atom is -0.381 e. The number of amides is 1. The second-order valence-corrected chi connectivity index (χ2v) is 5.80. The predicted molar refractivity (Wildman–Crippen MR) is 71.8 cm³/mol. The van der Waals surface area contributed by atoms with Crippen LogP contribution in [0.5, 0.6) is 0 Å². The number of ether oxygens (including phenoxy) is 1. The van der Waals surface area contributed by atoms with E-state index in [-0.39, 0.29) is 5.91 Å². The molecule has 1 aliphatic carbocycles. The highest BCUT2D eigenvalue weighted by Gasteiger charge is 2.46. The van der Waals surface area contributed by atoms with Crippen LogP contribution >= 0.6 is 0 Å². The van der Waals surface area contributed by atoms with E-state index in [9.17, 15) is 4.79 Å². The van der Waals surface area contributed by atoms with Crippen molar-refractivity contribution in [2.45, 2.75) is 31.8 Å². The molecule has 2 fully saturated rings. The summed E-state index contributed by atoms with van der Waals surface area (Å²) in [7, 11) is 1.79. The number of rotatable bonds is 2. The second-order valence-electron chi connectivity index (χ2n) is 5.80. The number of piperidine rings is 1. The average Bonchev–Trinajstić information content (AvgIpc) is 2.45. The average molecular weight is 260 g/mol. The van der Waals surface area contributed by atoms with Crippen molar-refractivity contribution in [3.05, 3.63) is 30.1 Å². The van der Waals surface area contributed by atoms with Crippen LogP contribution in [-0.4, -0.2) is 42.1 Å². The molecule has 1 spiro atoms. The van der Waals surface area contributed by atoms with Gasteiger partial charge in [0.2, 0.25) is 0 Å². The van der Waals surface area contributed by atoms with E-state index in [1.807, 2.05) is 17.0 Å². The Labute approximate surface area is 113 Å². The summed E-state index contributed by atoms with van der Waals surface area (Å²) < 4.78 is 5.37. The number of aromatic nitrogens is 1. The zero-order valence-electron chi connectivity index (χ0n) is 11.3. The lowest BCUT2D eigenvalue weighted by Gasteiger charge is -2.51. The van der Waals surface area contributed by atoms with Gasteiger partial charge in [0.15, 0.2) is 0 Å². The van der Waals surface area contributed by atoms with E-state index in [0.29, 0.717) is 17.1 Å². The molecule has 0 bridgehead atoms. The third-order valence-corrected chi connectivity index (χ3v) is 4.67. The quantitative estimate of drug-likeness (QED) is 0.818. The molecule has 0 aromatic carbocycles. The van der Waals surface area contributed by atoms with Gasteiger partial charge in [0, 0.05) is 32.6 Å². The third-order valence-electron chi connectivity index (χ3n) is 4.67. The summed E-state index contributed by atoms with van der Waals surface area (Å²) in [5.41, 5.74) is 1.15. The van der Waals surface area contributed by atoms with Gasteiger partial charge in [0.1, 0.15) is 0 Å². The van der Waals surface area contributed by atoms with Crippen molar-refractivity contribution in [3.8, 4) is 0 Å². The molecule has 0 atom stereocenters. The van der Waals surface area contributed by atoms with Crippen LogP contribution in [0.1, 0.15) is 36.0 Å². The molecule has 0 N–H and O–H groups in total. The summed E-state index contributed by atoms with van der Waals surface area (Å²) >= 11 is 0. The topological polar surface area (TPSA) is 42.4 Å². The minimum absolute atomic E-state index is 0.116. The summed E-state index contributed by atoms with van der Waals surface area (Å²) in [5, 5.41) is 0. The number of hydrogen-bond acceptors (Lipinski definition) is 3.